The van der Waals surface area contributed by atoms with Crippen molar-refractivity contribution in [2.24, 2.45) is 0 Å². The predicted molar refractivity (Wildman–Crippen MR) is 426 cm³/mol. The van der Waals surface area contributed by atoms with Crippen LogP contribution < -0.4 is 0 Å². The second-order valence-corrected chi connectivity index (χ2v) is 24.7. The van der Waals surface area contributed by atoms with Crippen LogP contribution in [-0.4, -0.2) is 0 Å². The number of rotatable bonds is 3. The van der Waals surface area contributed by atoms with Crippen LogP contribution in [0.5, 0.6) is 0 Å². The Kier molecular flexibility index (Phi) is 16.8. The molecule has 0 bridgehead atoms. The third-order valence-electron chi connectivity index (χ3n) is 18.5. The van der Waals surface area contributed by atoms with Crippen LogP contribution in [0.3, 0.4) is 0 Å². The summed E-state index contributed by atoms with van der Waals surface area (Å²) in [6.07, 6.45) is 18.6. The van der Waals surface area contributed by atoms with Crippen LogP contribution in [-0.2, 0) is 0 Å². The highest BCUT2D eigenvalue weighted by Gasteiger charge is 2.19. The van der Waals surface area contributed by atoms with E-state index in [1.165, 1.54) is 0 Å². The monoisotopic (exact) mass is 1280 g/mol. The molecule has 0 heteroatoms. The molecule has 0 saturated heterocycles. The van der Waals surface area contributed by atoms with E-state index in [0.717, 1.165) is 181 Å². The fraction of sp³-hybridized carbons (Fsp3) is 0. The smallest absolute Gasteiger partial charge is 0.0334 e. The van der Waals surface area contributed by atoms with E-state index in [0.29, 0.717) is 0 Å². The van der Waals surface area contributed by atoms with Crippen molar-refractivity contribution < 1.29 is 0 Å². The zero-order valence-corrected chi connectivity index (χ0v) is 55.2. The van der Waals surface area contributed by atoms with Gasteiger partial charge >= 0.3 is 0 Å². The Balaban J connectivity index is 0.713. The minimum Gasteiger partial charge on any atom is -0.115 e. The highest BCUT2D eigenvalue weighted by atomic mass is 14.2. The molecule has 0 spiro atoms. The van der Waals surface area contributed by atoms with Gasteiger partial charge in [0.2, 0.25) is 0 Å². The van der Waals surface area contributed by atoms with Gasteiger partial charge in [-0.05, 0) is 192 Å². The van der Waals surface area contributed by atoms with Gasteiger partial charge in [-0.1, -0.05) is 271 Å². The highest BCUT2D eigenvalue weighted by Crippen LogP contribution is 2.42. The average molecular weight is 1280 g/mol. The van der Waals surface area contributed by atoms with Gasteiger partial charge in [0.15, 0.2) is 0 Å². The highest BCUT2D eigenvalue weighted by molar-refractivity contribution is 6.12. The first-order chi connectivity index (χ1) is 50.4. The van der Waals surface area contributed by atoms with Crippen LogP contribution in [0, 0.1) is 108 Å². The molecule has 0 saturated carbocycles. The number of fused-ring (bicyclic) bond motifs is 6. The van der Waals surface area contributed by atoms with E-state index in [2.05, 4.69) is 289 Å². The zero-order valence-electron chi connectivity index (χ0n) is 55.2. The van der Waals surface area contributed by atoms with Gasteiger partial charge < -0.3 is 0 Å². The summed E-state index contributed by atoms with van der Waals surface area (Å²) in [5, 5.41) is 13.2. The first-order valence-electron chi connectivity index (χ1n) is 33.5. The van der Waals surface area contributed by atoms with E-state index >= 15 is 0 Å². The SMILES string of the molecule is C#Cc1ccc2ccccc2c1-c1c(C#Cc2ccc(C#Cc3cc(C#Cc4ccc(C#Cc5ccc6ccccc6c5-c5c(C#C)ccc6ccccc56)cc4)cc(C#Cc4ccc(C#Cc5ccc6ccccc6c5-c5c(C#C)ccc6ccccc56)cc4)c3)cc2)ccc2ccccc12. The zero-order chi connectivity index (χ0) is 68.7. The van der Waals surface area contributed by atoms with Gasteiger partial charge in [-0.15, -0.1) is 19.3 Å². The molecule has 16 rings (SSSR count). The lowest BCUT2D eigenvalue weighted by atomic mass is 9.87. The molecule has 0 radical (unpaired) electrons. The molecule has 0 aliphatic rings. The van der Waals surface area contributed by atoms with Crippen molar-refractivity contribution in [2.45, 2.75) is 0 Å². The van der Waals surface area contributed by atoms with E-state index in [9.17, 15) is 0 Å². The fourth-order valence-electron chi connectivity index (χ4n) is 13.5. The normalized spacial score (nSPS) is 10.4. The fourth-order valence-corrected chi connectivity index (χ4v) is 13.5. The molecule has 0 N–H and O–H groups in total. The van der Waals surface area contributed by atoms with Crippen LogP contribution in [0.25, 0.3) is 98.0 Å². The molecule has 0 aliphatic carbocycles. The largest absolute Gasteiger partial charge is 0.115 e. The summed E-state index contributed by atoms with van der Waals surface area (Å²) in [5.74, 6) is 50.5. The molecule has 102 heavy (non-hydrogen) atoms. The number of hydrogen-bond acceptors (Lipinski definition) is 0. The summed E-state index contributed by atoms with van der Waals surface area (Å²) in [5.41, 5.74) is 18.6. The summed E-state index contributed by atoms with van der Waals surface area (Å²) in [7, 11) is 0. The Bertz CT molecular complexity index is 6050. The topological polar surface area (TPSA) is 0 Å². The molecule has 16 aromatic rings. The van der Waals surface area contributed by atoms with Crippen molar-refractivity contribution in [2.75, 3.05) is 0 Å². The van der Waals surface area contributed by atoms with E-state index in [4.69, 9.17) is 19.3 Å². The van der Waals surface area contributed by atoms with E-state index in [1.807, 2.05) is 109 Å². The van der Waals surface area contributed by atoms with E-state index in [1.54, 1.807) is 0 Å². The quantitative estimate of drug-likeness (QED) is 0.155. The van der Waals surface area contributed by atoms with Crippen LogP contribution in [0.1, 0.15) is 83.5 Å². The van der Waals surface area contributed by atoms with Gasteiger partial charge in [-0.2, -0.15) is 0 Å². The summed E-state index contributed by atoms with van der Waals surface area (Å²) >= 11 is 0. The molecule has 0 aliphatic heterocycles. The lowest BCUT2D eigenvalue weighted by molar-refractivity contribution is 1.54. The molecule has 0 amide bonds. The third kappa shape index (κ3) is 12.5. The predicted octanol–water partition coefficient (Wildman–Crippen LogP) is 21.9. The van der Waals surface area contributed by atoms with Gasteiger partial charge in [-0.3, -0.25) is 0 Å². The molecular formula is C102H54. The summed E-state index contributed by atoms with van der Waals surface area (Å²) in [4.78, 5) is 0. The van der Waals surface area contributed by atoms with E-state index in [-0.39, 0.29) is 0 Å². The Morgan fingerprint density at radius 1 is 0.147 bits per heavy atom. The molecule has 0 nitrogen and oxygen atoms in total. The molecule has 0 fully saturated rings. The van der Waals surface area contributed by atoms with Crippen molar-refractivity contribution in [1.29, 1.82) is 0 Å². The second-order valence-electron chi connectivity index (χ2n) is 24.7. The lowest BCUT2D eigenvalue weighted by Gasteiger charge is -2.15. The maximum atomic E-state index is 6.21. The standard InChI is InChI=1S/C102H54/c1-4-79-55-58-82-19-7-13-25-91(82)97(79)100-88(64-61-85-22-10-16-28-94(85)100)52-49-73-37-31-70(32-38-73)43-46-76-67-77(47-44-71-33-39-74(40-34-71)50-53-89-65-62-86-23-11-17-29-95(86)101(89)98-80(5-2)56-59-83-20-8-14-26-92(83)98)69-78(68-76)48-45-72-35-41-75(42-36-72)51-54-90-66-63-87-24-12-18-30-96(87)102(90)99-81(6-3)57-60-84-21-9-15-27-93(84)99/h1-3,7-42,55-69H. The average Bonchev–Trinajstić information content (AvgIpc) is 0.766. The van der Waals surface area contributed by atoms with Gasteiger partial charge in [0, 0.05) is 117 Å². The molecule has 16 aromatic carbocycles. The van der Waals surface area contributed by atoms with Crippen molar-refractivity contribution in [3.05, 3.63) is 393 Å². The first-order valence-corrected chi connectivity index (χ1v) is 33.5. The minimum atomic E-state index is 0.770. The summed E-state index contributed by atoms with van der Waals surface area (Å²) in [6, 6.07) is 106. The molecule has 462 valence electrons. The Morgan fingerprint density at radius 2 is 0.314 bits per heavy atom. The maximum Gasteiger partial charge on any atom is 0.0334 e. The molecule has 0 heterocycles. The molecule has 0 unspecified atom stereocenters. The Hall–Kier alpha value is -14.9. The van der Waals surface area contributed by atoms with Gasteiger partial charge in [-0.25, -0.2) is 0 Å². The Morgan fingerprint density at radius 3 is 0.520 bits per heavy atom. The van der Waals surface area contributed by atoms with Crippen LogP contribution in [0.2, 0.25) is 0 Å². The van der Waals surface area contributed by atoms with Gasteiger partial charge in [0.05, 0.1) is 0 Å². The van der Waals surface area contributed by atoms with E-state index < -0.39 is 0 Å². The Labute approximate surface area is 595 Å². The van der Waals surface area contributed by atoms with Crippen molar-refractivity contribution >= 4 is 64.6 Å². The van der Waals surface area contributed by atoms with Gasteiger partial charge in [0.1, 0.15) is 0 Å². The van der Waals surface area contributed by atoms with Crippen LogP contribution >= 0.6 is 0 Å². The summed E-state index contributed by atoms with van der Waals surface area (Å²) < 4.78 is 0. The van der Waals surface area contributed by atoms with Crippen molar-refractivity contribution in [3.8, 4) is 141 Å². The number of terminal acetylenes is 3. The first kappa shape index (κ1) is 62.0. The molecule has 0 atom stereocenters. The minimum absolute atomic E-state index is 0.770. The molecular weight excluding hydrogens is 1230 g/mol. The van der Waals surface area contributed by atoms with Crippen LogP contribution in [0.15, 0.2) is 309 Å². The number of benzene rings is 16. The van der Waals surface area contributed by atoms with Gasteiger partial charge in [0.25, 0.3) is 0 Å². The molecule has 0 aromatic heterocycles. The number of hydrogen-bond donors (Lipinski definition) is 0. The van der Waals surface area contributed by atoms with Crippen molar-refractivity contribution in [3.63, 3.8) is 0 Å². The second kappa shape index (κ2) is 27.7. The third-order valence-corrected chi connectivity index (χ3v) is 18.5. The van der Waals surface area contributed by atoms with Crippen molar-refractivity contribution in [1.82, 2.24) is 0 Å². The maximum absolute atomic E-state index is 6.21. The van der Waals surface area contributed by atoms with Crippen LogP contribution in [0.4, 0.5) is 0 Å². The lowest BCUT2D eigenvalue weighted by Crippen LogP contribution is -1.93. The summed E-state index contributed by atoms with van der Waals surface area (Å²) in [6.45, 7) is 0.